The van der Waals surface area contributed by atoms with E-state index >= 15 is 0 Å². The number of rotatable bonds is 6. The fourth-order valence-electron chi connectivity index (χ4n) is 5.25. The number of likely N-dealkylation sites (tertiary alicyclic amines) is 1. The van der Waals surface area contributed by atoms with Crippen molar-refractivity contribution in [3.63, 3.8) is 0 Å². The highest BCUT2D eigenvalue weighted by atomic mass is 16.5. The Hall–Kier alpha value is -4.10. The highest BCUT2D eigenvalue weighted by molar-refractivity contribution is 6.38. The van der Waals surface area contributed by atoms with E-state index in [0.29, 0.717) is 17.1 Å². The number of para-hydroxylation sites is 2. The number of aromatic nitrogens is 2. The third-order valence-corrected chi connectivity index (χ3v) is 7.25. The first-order chi connectivity index (χ1) is 18.1. The number of carbonyl (C=O) groups is 1. The Morgan fingerprint density at radius 1 is 1.03 bits per heavy atom. The zero-order valence-corrected chi connectivity index (χ0v) is 21.1. The molecule has 188 valence electrons. The molecule has 0 atom stereocenters. The van der Waals surface area contributed by atoms with Crippen LogP contribution >= 0.6 is 0 Å². The van der Waals surface area contributed by atoms with Gasteiger partial charge in [0, 0.05) is 29.9 Å². The predicted octanol–water partition coefficient (Wildman–Crippen LogP) is 5.35. The van der Waals surface area contributed by atoms with E-state index in [1.54, 1.807) is 7.11 Å². The van der Waals surface area contributed by atoms with Gasteiger partial charge in [-0.05, 0) is 67.4 Å². The molecule has 0 unspecified atom stereocenters. The number of methoxy groups -OCH3 is 1. The molecule has 7 nitrogen and oxygen atoms in total. The number of amides is 1. The van der Waals surface area contributed by atoms with Gasteiger partial charge >= 0.3 is 0 Å². The molecule has 37 heavy (non-hydrogen) atoms. The summed E-state index contributed by atoms with van der Waals surface area (Å²) in [5.41, 5.74) is 5.46. The van der Waals surface area contributed by atoms with E-state index in [1.165, 1.54) is 0 Å². The Morgan fingerprint density at radius 3 is 2.65 bits per heavy atom. The fourth-order valence-corrected chi connectivity index (χ4v) is 5.25. The van der Waals surface area contributed by atoms with Crippen molar-refractivity contribution in [3.8, 4) is 11.5 Å². The second-order valence-electron chi connectivity index (χ2n) is 9.50. The van der Waals surface area contributed by atoms with Crippen LogP contribution in [0.5, 0.6) is 11.5 Å². The molecular weight excluding hydrogens is 464 g/mol. The maximum absolute atomic E-state index is 13.5. The van der Waals surface area contributed by atoms with Crippen LogP contribution in [0.4, 0.5) is 5.69 Å². The topological polar surface area (TPSA) is 79.5 Å². The molecule has 1 aromatic heterocycles. The minimum Gasteiger partial charge on any atom is -0.497 e. The predicted molar refractivity (Wildman–Crippen MR) is 146 cm³/mol. The van der Waals surface area contributed by atoms with Crippen molar-refractivity contribution in [3.05, 3.63) is 83.7 Å². The van der Waals surface area contributed by atoms with E-state index in [2.05, 4.69) is 22.1 Å². The lowest BCUT2D eigenvalue weighted by atomic mass is 9.94. The molecular formula is C30H30N4O3. The van der Waals surface area contributed by atoms with Crippen molar-refractivity contribution in [2.24, 2.45) is 0 Å². The smallest absolute Gasteiger partial charge is 0.257 e. The summed E-state index contributed by atoms with van der Waals surface area (Å²) in [4.78, 5) is 24.2. The van der Waals surface area contributed by atoms with Crippen molar-refractivity contribution in [1.82, 2.24) is 14.9 Å². The molecule has 2 N–H and O–H groups in total. The van der Waals surface area contributed by atoms with E-state index in [0.717, 1.165) is 71.6 Å². The first kappa shape index (κ1) is 23.3. The van der Waals surface area contributed by atoms with E-state index < -0.39 is 0 Å². The van der Waals surface area contributed by atoms with Gasteiger partial charge in [0.25, 0.3) is 5.91 Å². The number of anilines is 1. The number of imidazole rings is 1. The number of nitrogens with one attached hydrogen (secondary N) is 2. The summed E-state index contributed by atoms with van der Waals surface area (Å²) >= 11 is 0. The van der Waals surface area contributed by atoms with Crippen molar-refractivity contribution < 1.29 is 14.3 Å². The molecule has 2 aliphatic rings. The largest absolute Gasteiger partial charge is 0.497 e. The molecule has 1 amide bonds. The summed E-state index contributed by atoms with van der Waals surface area (Å²) in [6.07, 6.45) is 2.17. The lowest BCUT2D eigenvalue weighted by Gasteiger charge is -2.31. The van der Waals surface area contributed by atoms with Crippen LogP contribution in [0.15, 0.2) is 66.7 Å². The van der Waals surface area contributed by atoms with E-state index in [4.69, 9.17) is 14.5 Å². The van der Waals surface area contributed by atoms with Crippen LogP contribution in [-0.2, 0) is 4.79 Å². The summed E-state index contributed by atoms with van der Waals surface area (Å²) in [6, 6.07) is 21.5. The molecule has 1 fully saturated rings. The van der Waals surface area contributed by atoms with Crippen LogP contribution < -0.4 is 14.8 Å². The Bertz CT molecular complexity index is 1460. The molecule has 6 rings (SSSR count). The molecule has 0 saturated carbocycles. The minimum absolute atomic E-state index is 0.165. The maximum Gasteiger partial charge on any atom is 0.257 e. The summed E-state index contributed by atoms with van der Waals surface area (Å²) < 4.78 is 11.9. The molecule has 7 heteroatoms. The quantitative estimate of drug-likeness (QED) is 0.354. The monoisotopic (exact) mass is 494 g/mol. The van der Waals surface area contributed by atoms with Gasteiger partial charge in [-0.2, -0.15) is 0 Å². The van der Waals surface area contributed by atoms with Gasteiger partial charge in [0.1, 0.15) is 23.4 Å². The third kappa shape index (κ3) is 4.47. The fraction of sp³-hybridized carbons (Fsp3) is 0.267. The first-order valence-corrected chi connectivity index (χ1v) is 12.8. The summed E-state index contributed by atoms with van der Waals surface area (Å²) in [5, 5.41) is 3.04. The second-order valence-corrected chi connectivity index (χ2v) is 9.50. The average Bonchev–Trinajstić information content (AvgIpc) is 3.50. The molecule has 4 aromatic rings. The van der Waals surface area contributed by atoms with Gasteiger partial charge in [-0.15, -0.1) is 0 Å². The molecule has 1 saturated heterocycles. The van der Waals surface area contributed by atoms with Crippen LogP contribution in [0.1, 0.15) is 36.7 Å². The first-order valence-electron chi connectivity index (χ1n) is 12.8. The third-order valence-electron chi connectivity index (χ3n) is 7.25. The number of hydrogen-bond acceptors (Lipinski definition) is 5. The van der Waals surface area contributed by atoms with Crippen molar-refractivity contribution in [1.29, 1.82) is 0 Å². The van der Waals surface area contributed by atoms with Gasteiger partial charge in [0.05, 0.1) is 23.7 Å². The van der Waals surface area contributed by atoms with Crippen LogP contribution in [0.2, 0.25) is 0 Å². The number of fused-ring (bicyclic) bond motifs is 2. The van der Waals surface area contributed by atoms with Gasteiger partial charge in [-0.1, -0.05) is 31.2 Å². The van der Waals surface area contributed by atoms with Gasteiger partial charge < -0.3 is 24.7 Å². The lowest BCUT2D eigenvalue weighted by molar-refractivity contribution is -0.110. The van der Waals surface area contributed by atoms with Crippen LogP contribution in [0.3, 0.4) is 0 Å². The number of hydrogen-bond donors (Lipinski definition) is 2. The highest BCUT2D eigenvalue weighted by Gasteiger charge is 2.31. The van der Waals surface area contributed by atoms with E-state index in [1.807, 2.05) is 66.7 Å². The normalized spacial score (nSPS) is 17.5. The number of ether oxygens (including phenoxy) is 2. The van der Waals surface area contributed by atoms with Crippen molar-refractivity contribution >= 4 is 33.8 Å². The second kappa shape index (κ2) is 9.75. The van der Waals surface area contributed by atoms with Crippen LogP contribution in [-0.4, -0.2) is 53.6 Å². The van der Waals surface area contributed by atoms with Crippen LogP contribution in [0, 0.1) is 0 Å². The molecule has 0 aliphatic carbocycles. The molecule has 3 heterocycles. The van der Waals surface area contributed by atoms with E-state index in [9.17, 15) is 4.79 Å². The van der Waals surface area contributed by atoms with Gasteiger partial charge in [0.15, 0.2) is 0 Å². The zero-order valence-electron chi connectivity index (χ0n) is 21.1. The van der Waals surface area contributed by atoms with E-state index in [-0.39, 0.29) is 12.0 Å². The number of aromatic amines is 1. The van der Waals surface area contributed by atoms with Gasteiger partial charge in [-0.3, -0.25) is 4.79 Å². The van der Waals surface area contributed by atoms with Gasteiger partial charge in [0.2, 0.25) is 0 Å². The number of nitrogens with zero attached hydrogens (tertiary/aromatic N) is 2. The number of H-pyrrole nitrogens is 1. The SMILES string of the molecule is CCN1CCC(Oc2ccc3c(c2)C(=C(c2cccc(OC)c2)c2nc4ccccc4[nH]2)C(=O)N3)CC1. The van der Waals surface area contributed by atoms with Crippen molar-refractivity contribution in [2.75, 3.05) is 32.1 Å². The van der Waals surface area contributed by atoms with Gasteiger partial charge in [-0.25, -0.2) is 4.98 Å². The Balaban J connectivity index is 1.46. The Kier molecular flexibility index (Phi) is 6.14. The molecule has 3 aromatic carbocycles. The Labute approximate surface area is 216 Å². The summed E-state index contributed by atoms with van der Waals surface area (Å²) in [7, 11) is 1.64. The lowest BCUT2D eigenvalue weighted by Crippen LogP contribution is -2.37. The number of carbonyl (C=O) groups excluding carboxylic acids is 1. The molecule has 0 spiro atoms. The summed E-state index contributed by atoms with van der Waals surface area (Å²) in [6.45, 7) is 5.36. The Morgan fingerprint density at radius 2 is 1.86 bits per heavy atom. The van der Waals surface area contributed by atoms with Crippen LogP contribution in [0.25, 0.3) is 22.2 Å². The molecule has 0 radical (unpaired) electrons. The average molecular weight is 495 g/mol. The molecule has 2 aliphatic heterocycles. The van der Waals surface area contributed by atoms with Crippen molar-refractivity contribution in [2.45, 2.75) is 25.9 Å². The number of piperidine rings is 1. The molecule has 0 bridgehead atoms. The minimum atomic E-state index is -0.165. The number of benzene rings is 3. The maximum atomic E-state index is 13.5. The summed E-state index contributed by atoms with van der Waals surface area (Å²) in [5.74, 6) is 1.95. The highest BCUT2D eigenvalue weighted by Crippen LogP contribution is 2.42. The zero-order chi connectivity index (χ0) is 25.4. The standard InChI is InChI=1S/C30H30N4O3/c1-3-34-15-13-20(14-16-34)37-22-11-12-24-23(18-22)28(30(35)33-24)27(19-7-6-8-21(17-19)36-2)29-31-25-9-4-5-10-26(25)32-29/h4-12,17-18,20H,3,13-16H2,1-2H3,(H,31,32)(H,33,35).